The second-order valence-corrected chi connectivity index (χ2v) is 5.83. The van der Waals surface area contributed by atoms with Crippen LogP contribution in [-0.2, 0) is 12.8 Å². The minimum atomic E-state index is 0.229. The van der Waals surface area contributed by atoms with Gasteiger partial charge in [0.05, 0.1) is 0 Å². The number of aryl methyl sites for hydroxylation is 2. The lowest BCUT2D eigenvalue weighted by Gasteiger charge is -2.29. The van der Waals surface area contributed by atoms with Crippen LogP contribution in [0.2, 0.25) is 0 Å². The number of hydrogen-bond acceptors (Lipinski definition) is 3. The quantitative estimate of drug-likeness (QED) is 0.814. The SMILES string of the molecule is CC1CCCCC1Oc1nc2c(cc1C#N)CCC2. The first-order valence-electron chi connectivity index (χ1n) is 7.37. The molecule has 2 aliphatic rings. The predicted molar refractivity (Wildman–Crippen MR) is 73.0 cm³/mol. The van der Waals surface area contributed by atoms with Gasteiger partial charge in [-0.15, -0.1) is 0 Å². The number of pyridine rings is 1. The first-order chi connectivity index (χ1) is 9.28. The molecule has 1 aromatic heterocycles. The standard InChI is InChI=1S/C16H20N2O/c1-11-5-2-3-8-15(11)19-16-13(10-17)9-12-6-4-7-14(12)18-16/h9,11,15H,2-8H2,1H3. The van der Waals surface area contributed by atoms with Gasteiger partial charge < -0.3 is 4.74 Å². The number of nitriles is 1. The molecule has 0 aliphatic heterocycles. The summed E-state index contributed by atoms with van der Waals surface area (Å²) >= 11 is 0. The molecule has 3 rings (SSSR count). The third-order valence-electron chi connectivity index (χ3n) is 4.43. The highest BCUT2D eigenvalue weighted by atomic mass is 16.5. The fourth-order valence-electron chi connectivity index (χ4n) is 3.22. The molecule has 0 aromatic carbocycles. The second-order valence-electron chi connectivity index (χ2n) is 5.83. The summed E-state index contributed by atoms with van der Waals surface area (Å²) in [4.78, 5) is 4.61. The molecule has 1 saturated carbocycles. The van der Waals surface area contributed by atoms with Crippen LogP contribution >= 0.6 is 0 Å². The van der Waals surface area contributed by atoms with Crippen molar-refractivity contribution in [2.75, 3.05) is 0 Å². The first-order valence-corrected chi connectivity index (χ1v) is 7.37. The molecular weight excluding hydrogens is 236 g/mol. The maximum Gasteiger partial charge on any atom is 0.232 e. The van der Waals surface area contributed by atoms with Gasteiger partial charge in [0.2, 0.25) is 5.88 Å². The average Bonchev–Trinajstić information content (AvgIpc) is 2.87. The number of rotatable bonds is 2. The number of fused-ring (bicyclic) bond motifs is 1. The van der Waals surface area contributed by atoms with Crippen LogP contribution in [0, 0.1) is 17.2 Å². The van der Waals surface area contributed by atoms with Crippen LogP contribution in [-0.4, -0.2) is 11.1 Å². The summed E-state index contributed by atoms with van der Waals surface area (Å²) < 4.78 is 6.08. The predicted octanol–water partition coefficient (Wildman–Crippen LogP) is 3.40. The Balaban J connectivity index is 1.85. The van der Waals surface area contributed by atoms with Gasteiger partial charge >= 0.3 is 0 Å². The van der Waals surface area contributed by atoms with Gasteiger partial charge in [-0.3, -0.25) is 0 Å². The maximum atomic E-state index is 9.28. The molecular formula is C16H20N2O. The number of aromatic nitrogens is 1. The van der Waals surface area contributed by atoms with E-state index in [1.165, 1.54) is 24.8 Å². The van der Waals surface area contributed by atoms with Crippen molar-refractivity contribution in [1.29, 1.82) is 5.26 Å². The average molecular weight is 256 g/mol. The molecule has 0 amide bonds. The normalized spacial score (nSPS) is 25.7. The van der Waals surface area contributed by atoms with Crippen molar-refractivity contribution in [2.24, 2.45) is 5.92 Å². The van der Waals surface area contributed by atoms with E-state index in [1.54, 1.807) is 0 Å². The molecule has 1 aromatic rings. The van der Waals surface area contributed by atoms with Crippen molar-refractivity contribution < 1.29 is 4.74 Å². The Kier molecular flexibility index (Phi) is 3.42. The van der Waals surface area contributed by atoms with Gasteiger partial charge in [0.25, 0.3) is 0 Å². The van der Waals surface area contributed by atoms with Gasteiger partial charge in [-0.25, -0.2) is 4.98 Å². The fourth-order valence-corrected chi connectivity index (χ4v) is 3.22. The summed E-state index contributed by atoms with van der Waals surface area (Å²) in [5.41, 5.74) is 2.98. The maximum absolute atomic E-state index is 9.28. The minimum absolute atomic E-state index is 0.229. The Bertz CT molecular complexity index is 518. The molecule has 0 radical (unpaired) electrons. The third-order valence-corrected chi connectivity index (χ3v) is 4.43. The number of hydrogen-bond donors (Lipinski definition) is 0. The summed E-state index contributed by atoms with van der Waals surface area (Å²) in [5.74, 6) is 1.14. The Morgan fingerprint density at radius 1 is 1.26 bits per heavy atom. The van der Waals surface area contributed by atoms with Crippen LogP contribution in [0.4, 0.5) is 0 Å². The third kappa shape index (κ3) is 2.45. The number of ether oxygens (including phenoxy) is 1. The lowest BCUT2D eigenvalue weighted by molar-refractivity contribution is 0.0970. The van der Waals surface area contributed by atoms with Crippen LogP contribution in [0.5, 0.6) is 5.88 Å². The van der Waals surface area contributed by atoms with E-state index in [0.717, 1.165) is 31.4 Å². The largest absolute Gasteiger partial charge is 0.473 e. The summed E-state index contributed by atoms with van der Waals surface area (Å²) in [6, 6.07) is 4.23. The molecule has 0 N–H and O–H groups in total. The van der Waals surface area contributed by atoms with Crippen LogP contribution in [0.25, 0.3) is 0 Å². The molecule has 1 heterocycles. The van der Waals surface area contributed by atoms with Crippen LogP contribution < -0.4 is 4.74 Å². The van der Waals surface area contributed by atoms with E-state index in [1.807, 2.05) is 6.07 Å². The van der Waals surface area contributed by atoms with Gasteiger partial charge in [-0.1, -0.05) is 13.3 Å². The van der Waals surface area contributed by atoms with E-state index >= 15 is 0 Å². The topological polar surface area (TPSA) is 45.9 Å². The smallest absolute Gasteiger partial charge is 0.232 e. The zero-order valence-electron chi connectivity index (χ0n) is 11.5. The van der Waals surface area contributed by atoms with Crippen LogP contribution in [0.1, 0.15) is 55.8 Å². The Morgan fingerprint density at radius 3 is 2.89 bits per heavy atom. The molecule has 2 atom stereocenters. The highest BCUT2D eigenvalue weighted by Gasteiger charge is 2.25. The van der Waals surface area contributed by atoms with E-state index in [4.69, 9.17) is 4.74 Å². The lowest BCUT2D eigenvalue weighted by atomic mass is 9.88. The van der Waals surface area contributed by atoms with Gasteiger partial charge in [0.1, 0.15) is 17.7 Å². The summed E-state index contributed by atoms with van der Waals surface area (Å²) in [6.07, 6.45) is 8.28. The van der Waals surface area contributed by atoms with Crippen molar-refractivity contribution in [3.05, 3.63) is 22.9 Å². The van der Waals surface area contributed by atoms with Crippen molar-refractivity contribution in [2.45, 2.75) is 58.0 Å². The second kappa shape index (κ2) is 5.21. The zero-order valence-corrected chi connectivity index (χ0v) is 11.5. The molecule has 19 heavy (non-hydrogen) atoms. The van der Waals surface area contributed by atoms with Crippen molar-refractivity contribution in [1.82, 2.24) is 4.98 Å². The van der Waals surface area contributed by atoms with Crippen LogP contribution in [0.3, 0.4) is 0 Å². The lowest BCUT2D eigenvalue weighted by Crippen LogP contribution is -2.29. The van der Waals surface area contributed by atoms with Gasteiger partial charge in [-0.05, 0) is 56.1 Å². The monoisotopic (exact) mass is 256 g/mol. The Hall–Kier alpha value is -1.56. The van der Waals surface area contributed by atoms with Crippen molar-refractivity contribution >= 4 is 0 Å². The van der Waals surface area contributed by atoms with Crippen LogP contribution in [0.15, 0.2) is 6.07 Å². The Labute approximate surface area is 114 Å². The van der Waals surface area contributed by atoms with E-state index in [0.29, 0.717) is 17.4 Å². The molecule has 1 fully saturated rings. The summed E-state index contributed by atoms with van der Waals surface area (Å²) in [6.45, 7) is 2.24. The number of nitrogens with zero attached hydrogens (tertiary/aromatic N) is 2. The van der Waals surface area contributed by atoms with E-state index in [-0.39, 0.29) is 6.10 Å². The van der Waals surface area contributed by atoms with E-state index in [9.17, 15) is 5.26 Å². The molecule has 2 aliphatic carbocycles. The minimum Gasteiger partial charge on any atom is -0.473 e. The molecule has 3 nitrogen and oxygen atoms in total. The van der Waals surface area contributed by atoms with Crippen molar-refractivity contribution in [3.63, 3.8) is 0 Å². The highest BCUT2D eigenvalue weighted by Crippen LogP contribution is 2.31. The van der Waals surface area contributed by atoms with E-state index < -0.39 is 0 Å². The summed E-state index contributed by atoms with van der Waals surface area (Å²) in [7, 11) is 0. The fraction of sp³-hybridized carbons (Fsp3) is 0.625. The molecule has 100 valence electrons. The first kappa shape index (κ1) is 12.5. The molecule has 0 bridgehead atoms. The molecule has 3 heteroatoms. The highest BCUT2D eigenvalue weighted by molar-refractivity contribution is 5.44. The van der Waals surface area contributed by atoms with E-state index in [2.05, 4.69) is 18.0 Å². The van der Waals surface area contributed by atoms with Gasteiger partial charge in [0, 0.05) is 5.69 Å². The Morgan fingerprint density at radius 2 is 2.11 bits per heavy atom. The molecule has 0 spiro atoms. The molecule has 0 saturated heterocycles. The zero-order chi connectivity index (χ0) is 13.2. The van der Waals surface area contributed by atoms with Crippen molar-refractivity contribution in [3.8, 4) is 11.9 Å². The molecule has 2 unspecified atom stereocenters. The summed E-state index contributed by atoms with van der Waals surface area (Å²) in [5, 5.41) is 9.28. The van der Waals surface area contributed by atoms with Gasteiger partial charge in [0.15, 0.2) is 0 Å². The van der Waals surface area contributed by atoms with Gasteiger partial charge in [-0.2, -0.15) is 5.26 Å².